The van der Waals surface area contributed by atoms with Crippen molar-refractivity contribution >= 4 is 35.3 Å². The number of hydrogen-bond acceptors (Lipinski definition) is 5. The second-order valence-electron chi connectivity index (χ2n) is 5.52. The van der Waals surface area contributed by atoms with Crippen LogP contribution < -0.4 is 10.7 Å². The third-order valence-corrected chi connectivity index (χ3v) is 3.84. The quantitative estimate of drug-likeness (QED) is 0.411. The molecule has 140 valence electrons. The Hall–Kier alpha value is -3.26. The van der Waals surface area contributed by atoms with E-state index in [2.05, 4.69) is 15.8 Å². The molecule has 0 aliphatic heterocycles. The largest absolute Gasteiger partial charge is 0.352 e. The third kappa shape index (κ3) is 6.87. The van der Waals surface area contributed by atoms with Crippen LogP contribution in [0, 0.1) is 10.1 Å². The number of hydrazone groups is 1. The molecule has 9 heteroatoms. The number of benzene rings is 2. The fourth-order valence-corrected chi connectivity index (χ4v) is 2.25. The molecular weight excluding hydrogens is 372 g/mol. The Balaban J connectivity index is 1.76. The maximum absolute atomic E-state index is 11.8. The smallest absolute Gasteiger partial charge is 0.270 e. The van der Waals surface area contributed by atoms with E-state index < -0.39 is 10.8 Å². The van der Waals surface area contributed by atoms with Gasteiger partial charge in [-0.3, -0.25) is 19.7 Å². The zero-order valence-electron chi connectivity index (χ0n) is 14.2. The van der Waals surface area contributed by atoms with E-state index in [0.29, 0.717) is 12.1 Å². The van der Waals surface area contributed by atoms with Gasteiger partial charge in [-0.05, 0) is 11.6 Å². The van der Waals surface area contributed by atoms with Gasteiger partial charge in [0, 0.05) is 42.1 Å². The van der Waals surface area contributed by atoms with Gasteiger partial charge in [0.05, 0.1) is 11.1 Å². The van der Waals surface area contributed by atoms with E-state index in [-0.39, 0.29) is 29.5 Å². The molecule has 8 nitrogen and oxygen atoms in total. The lowest BCUT2D eigenvalue weighted by Crippen LogP contribution is -2.25. The summed E-state index contributed by atoms with van der Waals surface area (Å²) in [7, 11) is 0. The highest BCUT2D eigenvalue weighted by Crippen LogP contribution is 2.20. The molecule has 0 atom stereocenters. The summed E-state index contributed by atoms with van der Waals surface area (Å²) in [5.74, 6) is -0.706. The zero-order chi connectivity index (χ0) is 19.6. The van der Waals surface area contributed by atoms with Crippen LogP contribution in [0.5, 0.6) is 0 Å². The standard InChI is InChI=1S/C18H17ClN4O4/c19-16-7-6-15(23(26)27)10-14(16)12-21-22-18(25)9-8-17(24)20-11-13-4-2-1-3-5-13/h1-7,10,12H,8-9,11H2,(H,20,24)(H,22,25). The Morgan fingerprint density at radius 2 is 1.81 bits per heavy atom. The summed E-state index contributed by atoms with van der Waals surface area (Å²) in [4.78, 5) is 33.7. The molecule has 2 aromatic carbocycles. The minimum absolute atomic E-state index is 0.0196. The molecule has 0 saturated carbocycles. The molecular formula is C18H17ClN4O4. The minimum atomic E-state index is -0.555. The normalized spacial score (nSPS) is 10.6. The number of amides is 2. The van der Waals surface area contributed by atoms with Gasteiger partial charge in [-0.2, -0.15) is 5.10 Å². The van der Waals surface area contributed by atoms with Crippen molar-refractivity contribution in [3.05, 3.63) is 74.8 Å². The average Bonchev–Trinajstić information content (AvgIpc) is 2.66. The molecule has 0 aliphatic rings. The van der Waals surface area contributed by atoms with Crippen molar-refractivity contribution in [3.8, 4) is 0 Å². The number of rotatable bonds is 8. The van der Waals surface area contributed by atoms with Crippen LogP contribution in [-0.2, 0) is 16.1 Å². The van der Waals surface area contributed by atoms with Gasteiger partial charge >= 0.3 is 0 Å². The maximum atomic E-state index is 11.8. The number of nitrogens with zero attached hydrogens (tertiary/aromatic N) is 2. The third-order valence-electron chi connectivity index (χ3n) is 3.49. The van der Waals surface area contributed by atoms with E-state index in [0.717, 1.165) is 5.56 Å². The van der Waals surface area contributed by atoms with Gasteiger partial charge in [0.15, 0.2) is 0 Å². The molecule has 27 heavy (non-hydrogen) atoms. The second-order valence-corrected chi connectivity index (χ2v) is 5.93. The molecule has 0 saturated heterocycles. The Morgan fingerprint density at radius 1 is 1.11 bits per heavy atom. The summed E-state index contributed by atoms with van der Waals surface area (Å²) in [6.45, 7) is 0.394. The highest BCUT2D eigenvalue weighted by atomic mass is 35.5. The van der Waals surface area contributed by atoms with Crippen molar-refractivity contribution in [3.63, 3.8) is 0 Å². The van der Waals surface area contributed by atoms with Crippen molar-refractivity contribution in [2.45, 2.75) is 19.4 Å². The first-order valence-corrected chi connectivity index (χ1v) is 8.40. The van der Waals surface area contributed by atoms with Crippen molar-refractivity contribution < 1.29 is 14.5 Å². The lowest BCUT2D eigenvalue weighted by atomic mass is 10.2. The van der Waals surface area contributed by atoms with Crippen LogP contribution >= 0.6 is 11.6 Å². The molecule has 2 N–H and O–H groups in total. The average molecular weight is 389 g/mol. The van der Waals surface area contributed by atoms with Gasteiger partial charge in [-0.25, -0.2) is 5.43 Å². The van der Waals surface area contributed by atoms with Crippen LogP contribution in [0.25, 0.3) is 0 Å². The van der Waals surface area contributed by atoms with Gasteiger partial charge in [0.1, 0.15) is 0 Å². The van der Waals surface area contributed by atoms with E-state index in [1.807, 2.05) is 30.3 Å². The van der Waals surface area contributed by atoms with E-state index in [1.165, 1.54) is 24.4 Å². The first-order chi connectivity index (χ1) is 13.0. The molecule has 2 amide bonds. The summed E-state index contributed by atoms with van der Waals surface area (Å²) in [5.41, 5.74) is 3.39. The molecule has 0 bridgehead atoms. The molecule has 0 radical (unpaired) electrons. The van der Waals surface area contributed by atoms with Crippen LogP contribution in [0.3, 0.4) is 0 Å². The van der Waals surface area contributed by atoms with Crippen LogP contribution in [-0.4, -0.2) is 23.0 Å². The Labute approximate surface area is 160 Å². The Morgan fingerprint density at radius 3 is 2.52 bits per heavy atom. The SMILES string of the molecule is O=C(CCC(=O)NN=Cc1cc([N+](=O)[O-])ccc1Cl)NCc1ccccc1. The molecule has 0 aromatic heterocycles. The predicted molar refractivity (Wildman–Crippen MR) is 101 cm³/mol. The molecule has 0 spiro atoms. The van der Waals surface area contributed by atoms with E-state index in [1.54, 1.807) is 0 Å². The number of non-ortho nitro benzene ring substituents is 1. The number of nitrogens with one attached hydrogen (secondary N) is 2. The Kier molecular flexibility index (Phi) is 7.45. The minimum Gasteiger partial charge on any atom is -0.352 e. The van der Waals surface area contributed by atoms with E-state index in [4.69, 9.17) is 11.6 Å². The van der Waals surface area contributed by atoms with Crippen LogP contribution in [0.2, 0.25) is 5.02 Å². The van der Waals surface area contributed by atoms with Crippen molar-refractivity contribution in [1.82, 2.24) is 10.7 Å². The van der Waals surface area contributed by atoms with Crippen molar-refractivity contribution in [2.75, 3.05) is 0 Å². The molecule has 0 heterocycles. The molecule has 2 aromatic rings. The summed E-state index contributed by atoms with van der Waals surface area (Å²) in [6.07, 6.45) is 1.19. The summed E-state index contributed by atoms with van der Waals surface area (Å²) >= 11 is 5.92. The maximum Gasteiger partial charge on any atom is 0.270 e. The van der Waals surface area contributed by atoms with Crippen LogP contribution in [0.1, 0.15) is 24.0 Å². The monoisotopic (exact) mass is 388 g/mol. The van der Waals surface area contributed by atoms with Crippen molar-refractivity contribution in [1.29, 1.82) is 0 Å². The number of halogens is 1. The summed E-state index contributed by atoms with van der Waals surface area (Å²) < 4.78 is 0. The number of carbonyl (C=O) groups excluding carboxylic acids is 2. The first-order valence-electron chi connectivity index (χ1n) is 8.02. The van der Waals surface area contributed by atoms with Gasteiger partial charge in [-0.15, -0.1) is 0 Å². The lowest BCUT2D eigenvalue weighted by Gasteiger charge is -2.05. The number of carbonyl (C=O) groups is 2. The van der Waals surface area contributed by atoms with E-state index in [9.17, 15) is 19.7 Å². The van der Waals surface area contributed by atoms with Gasteiger partial charge in [-0.1, -0.05) is 41.9 Å². The number of hydrogen-bond donors (Lipinski definition) is 2. The topological polar surface area (TPSA) is 114 Å². The van der Waals surface area contributed by atoms with Gasteiger partial charge < -0.3 is 5.32 Å². The Bertz CT molecular complexity index is 856. The molecule has 0 fully saturated rings. The van der Waals surface area contributed by atoms with E-state index >= 15 is 0 Å². The fourth-order valence-electron chi connectivity index (χ4n) is 2.09. The molecule has 0 unspecified atom stereocenters. The highest BCUT2D eigenvalue weighted by Gasteiger charge is 2.09. The number of nitro groups is 1. The molecule has 0 aliphatic carbocycles. The molecule has 2 rings (SSSR count). The lowest BCUT2D eigenvalue weighted by molar-refractivity contribution is -0.384. The zero-order valence-corrected chi connectivity index (χ0v) is 15.0. The van der Waals surface area contributed by atoms with Crippen molar-refractivity contribution in [2.24, 2.45) is 5.10 Å². The summed E-state index contributed by atoms with van der Waals surface area (Å²) in [5, 5.41) is 17.4. The number of nitro benzene ring substituents is 1. The first kappa shape index (κ1) is 20.1. The second kappa shape index (κ2) is 10.0. The van der Waals surface area contributed by atoms with Crippen LogP contribution in [0.15, 0.2) is 53.6 Å². The predicted octanol–water partition coefficient (Wildman–Crippen LogP) is 2.79. The van der Waals surface area contributed by atoms with Gasteiger partial charge in [0.2, 0.25) is 11.8 Å². The highest BCUT2D eigenvalue weighted by molar-refractivity contribution is 6.33. The summed E-state index contributed by atoms with van der Waals surface area (Å²) in [6, 6.07) is 13.3. The fraction of sp³-hybridized carbons (Fsp3) is 0.167. The van der Waals surface area contributed by atoms with Crippen LogP contribution in [0.4, 0.5) is 5.69 Å². The van der Waals surface area contributed by atoms with Gasteiger partial charge in [0.25, 0.3) is 5.69 Å².